The van der Waals surface area contributed by atoms with Crippen molar-refractivity contribution >= 4 is 5.78 Å². The summed E-state index contributed by atoms with van der Waals surface area (Å²) in [6.07, 6.45) is 2.96. The lowest BCUT2D eigenvalue weighted by atomic mass is 10.0. The van der Waals surface area contributed by atoms with Crippen LogP contribution in [-0.2, 0) is 0 Å². The zero-order valence-corrected chi connectivity index (χ0v) is 9.36. The van der Waals surface area contributed by atoms with E-state index in [0.29, 0.717) is 11.8 Å². The van der Waals surface area contributed by atoms with E-state index in [9.17, 15) is 4.79 Å². The van der Waals surface area contributed by atoms with Crippen LogP contribution in [0.2, 0.25) is 0 Å². The fraction of sp³-hybridized carbons (Fsp3) is 0.583. The number of hydrogen-bond donors (Lipinski definition) is 1. The van der Waals surface area contributed by atoms with Crippen molar-refractivity contribution in [1.29, 1.82) is 0 Å². The first-order valence-electron chi connectivity index (χ1n) is 5.62. The van der Waals surface area contributed by atoms with Gasteiger partial charge in [-0.25, -0.2) is 0 Å². The van der Waals surface area contributed by atoms with E-state index in [2.05, 4.69) is 23.7 Å². The number of carbonyl (C=O) groups excluding carboxylic acids is 1. The fourth-order valence-corrected chi connectivity index (χ4v) is 2.14. The Balaban J connectivity index is 2.20. The van der Waals surface area contributed by atoms with Gasteiger partial charge in [0.25, 0.3) is 0 Å². The maximum absolute atomic E-state index is 12.2. The molecule has 1 atom stereocenters. The second-order valence-corrected chi connectivity index (χ2v) is 4.45. The number of rotatable bonds is 3. The number of hydrogen-bond acceptors (Lipinski definition) is 2. The molecule has 1 fully saturated rings. The van der Waals surface area contributed by atoms with Gasteiger partial charge in [0, 0.05) is 24.7 Å². The second kappa shape index (κ2) is 4.19. The minimum absolute atomic E-state index is 0.178. The van der Waals surface area contributed by atoms with E-state index in [1.54, 1.807) is 0 Å². The van der Waals surface area contributed by atoms with E-state index in [0.717, 1.165) is 25.2 Å². The molecule has 0 spiro atoms. The van der Waals surface area contributed by atoms with Crippen LogP contribution in [0, 0.1) is 5.92 Å². The van der Waals surface area contributed by atoms with Gasteiger partial charge in [-0.1, -0.05) is 0 Å². The molecule has 1 aromatic heterocycles. The van der Waals surface area contributed by atoms with Gasteiger partial charge < -0.3 is 9.88 Å². The van der Waals surface area contributed by atoms with Crippen LogP contribution in [0.5, 0.6) is 0 Å². The highest BCUT2D eigenvalue weighted by Gasteiger charge is 2.25. The van der Waals surface area contributed by atoms with E-state index in [1.807, 2.05) is 18.3 Å². The molecule has 2 rings (SSSR count). The smallest absolute Gasteiger partial charge is 0.183 e. The zero-order chi connectivity index (χ0) is 10.8. The van der Waals surface area contributed by atoms with E-state index in [4.69, 9.17) is 0 Å². The Morgan fingerprint density at radius 3 is 3.00 bits per heavy atom. The van der Waals surface area contributed by atoms with Crippen molar-refractivity contribution < 1.29 is 4.79 Å². The van der Waals surface area contributed by atoms with E-state index in [-0.39, 0.29) is 5.92 Å². The average molecular weight is 206 g/mol. The van der Waals surface area contributed by atoms with Crippen LogP contribution in [0.25, 0.3) is 0 Å². The summed E-state index contributed by atoms with van der Waals surface area (Å²) >= 11 is 0. The van der Waals surface area contributed by atoms with Crippen molar-refractivity contribution in [3.63, 3.8) is 0 Å². The number of ketones is 1. The number of nitrogens with zero attached hydrogens (tertiary/aromatic N) is 1. The molecule has 1 N–H and O–H groups in total. The van der Waals surface area contributed by atoms with Crippen LogP contribution < -0.4 is 5.32 Å². The maximum Gasteiger partial charge on any atom is 0.183 e. The van der Waals surface area contributed by atoms with Crippen LogP contribution in [0.4, 0.5) is 0 Å². The lowest BCUT2D eigenvalue weighted by molar-refractivity contribution is 0.0919. The highest BCUT2D eigenvalue weighted by molar-refractivity contribution is 5.96. The fourth-order valence-electron chi connectivity index (χ4n) is 2.14. The normalized spacial score (nSPS) is 21.1. The Morgan fingerprint density at radius 2 is 2.40 bits per heavy atom. The highest BCUT2D eigenvalue weighted by atomic mass is 16.1. The van der Waals surface area contributed by atoms with Crippen molar-refractivity contribution in [2.24, 2.45) is 5.92 Å². The van der Waals surface area contributed by atoms with Gasteiger partial charge in [0.05, 0.1) is 5.69 Å². The summed E-state index contributed by atoms with van der Waals surface area (Å²) in [5.74, 6) is 0.469. The Bertz CT molecular complexity index is 348. The van der Waals surface area contributed by atoms with Gasteiger partial charge in [0.15, 0.2) is 5.78 Å². The van der Waals surface area contributed by atoms with Crippen molar-refractivity contribution in [3.8, 4) is 0 Å². The number of carbonyl (C=O) groups is 1. The SMILES string of the molecule is CC(C)n1cccc1C(=O)C1CCNC1. The van der Waals surface area contributed by atoms with Gasteiger partial charge in [-0.3, -0.25) is 4.79 Å². The largest absolute Gasteiger partial charge is 0.343 e. The minimum atomic E-state index is 0.178. The Hall–Kier alpha value is -1.09. The van der Waals surface area contributed by atoms with Gasteiger partial charge >= 0.3 is 0 Å². The maximum atomic E-state index is 12.2. The average Bonchev–Trinajstić information content (AvgIpc) is 2.88. The molecule has 1 aliphatic heterocycles. The van der Waals surface area contributed by atoms with Gasteiger partial charge in [-0.2, -0.15) is 0 Å². The van der Waals surface area contributed by atoms with Crippen molar-refractivity contribution in [2.45, 2.75) is 26.3 Å². The van der Waals surface area contributed by atoms with Crippen molar-refractivity contribution in [2.75, 3.05) is 13.1 Å². The quantitative estimate of drug-likeness (QED) is 0.766. The monoisotopic (exact) mass is 206 g/mol. The first-order valence-corrected chi connectivity index (χ1v) is 5.62. The zero-order valence-electron chi connectivity index (χ0n) is 9.36. The summed E-state index contributed by atoms with van der Waals surface area (Å²) in [6.45, 7) is 6.01. The van der Waals surface area contributed by atoms with Crippen molar-refractivity contribution in [3.05, 3.63) is 24.0 Å². The molecule has 0 saturated carbocycles. The lowest BCUT2D eigenvalue weighted by Gasteiger charge is -2.14. The number of nitrogens with one attached hydrogen (secondary N) is 1. The first kappa shape index (κ1) is 10.4. The molecule has 0 bridgehead atoms. The van der Waals surface area contributed by atoms with Crippen LogP contribution >= 0.6 is 0 Å². The molecular weight excluding hydrogens is 188 g/mol. The third-order valence-corrected chi connectivity index (χ3v) is 3.02. The molecule has 1 aromatic rings. The second-order valence-electron chi connectivity index (χ2n) is 4.45. The molecule has 1 saturated heterocycles. The third kappa shape index (κ3) is 1.97. The van der Waals surface area contributed by atoms with Gasteiger partial charge in [0.2, 0.25) is 0 Å². The molecule has 0 radical (unpaired) electrons. The summed E-state index contributed by atoms with van der Waals surface area (Å²) in [7, 11) is 0. The number of Topliss-reactive ketones (excluding diaryl/α,β-unsaturated/α-hetero) is 1. The van der Waals surface area contributed by atoms with Crippen LogP contribution in [-0.4, -0.2) is 23.4 Å². The Labute approximate surface area is 90.5 Å². The molecule has 1 aliphatic rings. The van der Waals surface area contributed by atoms with Gasteiger partial charge in [-0.15, -0.1) is 0 Å². The molecule has 15 heavy (non-hydrogen) atoms. The predicted octanol–water partition coefficient (Wildman–Crippen LogP) is 1.86. The molecule has 2 heterocycles. The number of aromatic nitrogens is 1. The molecule has 3 nitrogen and oxygen atoms in total. The Morgan fingerprint density at radius 1 is 1.60 bits per heavy atom. The Kier molecular flexibility index (Phi) is 2.91. The van der Waals surface area contributed by atoms with E-state index in [1.165, 1.54) is 0 Å². The van der Waals surface area contributed by atoms with Gasteiger partial charge in [-0.05, 0) is 38.9 Å². The summed E-state index contributed by atoms with van der Waals surface area (Å²) in [5, 5.41) is 3.23. The summed E-state index contributed by atoms with van der Waals surface area (Å²) in [6, 6.07) is 4.24. The highest BCUT2D eigenvalue weighted by Crippen LogP contribution is 2.18. The van der Waals surface area contributed by atoms with Crippen molar-refractivity contribution in [1.82, 2.24) is 9.88 Å². The molecule has 0 aliphatic carbocycles. The van der Waals surface area contributed by atoms with Crippen LogP contribution in [0.3, 0.4) is 0 Å². The molecule has 0 aromatic carbocycles. The summed E-state index contributed by atoms with van der Waals surface area (Å²) in [5.41, 5.74) is 0.860. The molecule has 3 heteroatoms. The minimum Gasteiger partial charge on any atom is -0.343 e. The molecular formula is C12H18N2O. The van der Waals surface area contributed by atoms with Gasteiger partial charge in [0.1, 0.15) is 0 Å². The summed E-state index contributed by atoms with van der Waals surface area (Å²) in [4.78, 5) is 12.2. The van der Waals surface area contributed by atoms with E-state index >= 15 is 0 Å². The lowest BCUT2D eigenvalue weighted by Crippen LogP contribution is -2.21. The standard InChI is InChI=1S/C12H18N2O/c1-9(2)14-7-3-4-11(14)12(15)10-5-6-13-8-10/h3-4,7,9-10,13H,5-6,8H2,1-2H3. The molecule has 1 unspecified atom stereocenters. The van der Waals surface area contributed by atoms with Crippen LogP contribution in [0.1, 0.15) is 36.8 Å². The predicted molar refractivity (Wildman–Crippen MR) is 60.1 cm³/mol. The van der Waals surface area contributed by atoms with E-state index < -0.39 is 0 Å². The topological polar surface area (TPSA) is 34.0 Å². The molecule has 82 valence electrons. The molecule has 0 amide bonds. The first-order chi connectivity index (χ1) is 7.20. The van der Waals surface area contributed by atoms with Crippen LogP contribution in [0.15, 0.2) is 18.3 Å². The summed E-state index contributed by atoms with van der Waals surface area (Å²) < 4.78 is 2.06. The third-order valence-electron chi connectivity index (χ3n) is 3.02.